The number of imidazole rings is 1. The van der Waals surface area contributed by atoms with Crippen LogP contribution in [0.4, 0.5) is 0 Å². The Hall–Kier alpha value is -1.45. The lowest BCUT2D eigenvalue weighted by Gasteiger charge is -2.30. The smallest absolute Gasteiger partial charge is 0.262 e. The Labute approximate surface area is 156 Å². The first-order valence-corrected chi connectivity index (χ1v) is 10.5. The zero-order valence-electron chi connectivity index (χ0n) is 16.4. The molecule has 0 bridgehead atoms. The van der Waals surface area contributed by atoms with Crippen molar-refractivity contribution in [1.82, 2.24) is 24.5 Å². The molecule has 0 aromatic carbocycles. The van der Waals surface area contributed by atoms with Crippen LogP contribution in [-0.4, -0.2) is 59.9 Å². The Kier molecular flexibility index (Phi) is 6.46. The van der Waals surface area contributed by atoms with Gasteiger partial charge in [-0.1, -0.05) is 0 Å². The molecule has 1 aliphatic heterocycles. The van der Waals surface area contributed by atoms with Crippen molar-refractivity contribution >= 4 is 15.9 Å². The fraction of sp³-hybridized carbons (Fsp3) is 0.765. The molecule has 1 aromatic rings. The maximum Gasteiger partial charge on any atom is 0.262 e. The van der Waals surface area contributed by atoms with E-state index in [1.807, 2.05) is 0 Å². The molecule has 0 radical (unpaired) electrons. The van der Waals surface area contributed by atoms with Crippen LogP contribution in [-0.2, 0) is 21.9 Å². The number of carbonyl (C=O) groups is 1. The van der Waals surface area contributed by atoms with Gasteiger partial charge in [-0.25, -0.2) is 13.4 Å². The number of hydrogen-bond acceptors (Lipinski definition) is 5. The zero-order chi connectivity index (χ0) is 19.5. The summed E-state index contributed by atoms with van der Waals surface area (Å²) in [5.74, 6) is 0.523. The molecule has 0 saturated carbocycles. The van der Waals surface area contributed by atoms with Gasteiger partial charge in [0.05, 0.1) is 0 Å². The lowest BCUT2D eigenvalue weighted by molar-refractivity contribution is -0.126. The summed E-state index contributed by atoms with van der Waals surface area (Å²) < 4.78 is 28.5. The Bertz CT molecular complexity index is 709. The third kappa shape index (κ3) is 5.28. The van der Waals surface area contributed by atoms with E-state index in [4.69, 9.17) is 0 Å². The molecule has 2 heterocycles. The van der Waals surface area contributed by atoms with Crippen molar-refractivity contribution in [3.63, 3.8) is 0 Å². The summed E-state index contributed by atoms with van der Waals surface area (Å²) in [4.78, 5) is 16.4. The highest BCUT2D eigenvalue weighted by atomic mass is 32.2. The van der Waals surface area contributed by atoms with Crippen LogP contribution in [0.25, 0.3) is 0 Å². The Morgan fingerprint density at radius 3 is 2.38 bits per heavy atom. The average Bonchev–Trinajstić information content (AvgIpc) is 2.90. The van der Waals surface area contributed by atoms with E-state index in [2.05, 4.69) is 36.4 Å². The quantitative estimate of drug-likeness (QED) is 0.701. The first kappa shape index (κ1) is 20.9. The fourth-order valence-corrected chi connectivity index (χ4v) is 4.40. The van der Waals surface area contributed by atoms with Gasteiger partial charge in [0.15, 0.2) is 5.03 Å². The largest absolute Gasteiger partial charge is 0.355 e. The van der Waals surface area contributed by atoms with Gasteiger partial charge in [-0.15, -0.1) is 0 Å². The average molecular weight is 386 g/mol. The number of nitrogens with zero attached hydrogens (tertiary/aromatic N) is 3. The molecular formula is C17H31N5O3S. The van der Waals surface area contributed by atoms with Crippen LogP contribution in [0.3, 0.4) is 0 Å². The second kappa shape index (κ2) is 8.06. The molecule has 0 spiro atoms. The lowest BCUT2D eigenvalue weighted by atomic mass is 9.97. The van der Waals surface area contributed by atoms with Gasteiger partial charge in [0.2, 0.25) is 5.91 Å². The number of aromatic nitrogens is 2. The minimum Gasteiger partial charge on any atom is -0.355 e. The van der Waals surface area contributed by atoms with E-state index in [1.54, 1.807) is 18.5 Å². The zero-order valence-corrected chi connectivity index (χ0v) is 17.2. The first-order valence-electron chi connectivity index (χ1n) is 9.03. The second-order valence-corrected chi connectivity index (χ2v) is 9.77. The predicted molar refractivity (Wildman–Crippen MR) is 100 cm³/mol. The Balaban J connectivity index is 1.83. The van der Waals surface area contributed by atoms with E-state index in [0.717, 1.165) is 0 Å². The molecular weight excluding hydrogens is 354 g/mol. The van der Waals surface area contributed by atoms with Crippen molar-refractivity contribution < 1.29 is 13.2 Å². The van der Waals surface area contributed by atoms with Crippen LogP contribution in [0.5, 0.6) is 0 Å². The van der Waals surface area contributed by atoms with Gasteiger partial charge in [-0.05, 0) is 40.5 Å². The summed E-state index contributed by atoms with van der Waals surface area (Å²) in [6, 6.07) is 0. The lowest BCUT2D eigenvalue weighted by Crippen LogP contribution is -2.45. The van der Waals surface area contributed by atoms with Crippen LogP contribution >= 0.6 is 0 Å². The number of hydrogen-bond donors (Lipinski definition) is 2. The molecule has 0 atom stereocenters. The number of carbonyl (C=O) groups excluding carboxylic acids is 1. The van der Waals surface area contributed by atoms with Crippen LogP contribution in [0.15, 0.2) is 11.2 Å². The van der Waals surface area contributed by atoms with Gasteiger partial charge in [0.1, 0.15) is 5.82 Å². The molecule has 1 saturated heterocycles. The van der Waals surface area contributed by atoms with Crippen LogP contribution in [0, 0.1) is 12.8 Å². The third-order valence-electron chi connectivity index (χ3n) is 4.60. The molecule has 1 aromatic heterocycles. The van der Waals surface area contributed by atoms with Gasteiger partial charge in [0.25, 0.3) is 10.0 Å². The van der Waals surface area contributed by atoms with Crippen molar-refractivity contribution in [2.45, 2.75) is 51.1 Å². The summed E-state index contributed by atoms with van der Waals surface area (Å²) in [5.41, 5.74) is 0.0221. The van der Waals surface area contributed by atoms with Gasteiger partial charge < -0.3 is 15.2 Å². The highest BCUT2D eigenvalue weighted by Crippen LogP contribution is 2.23. The predicted octanol–water partition coefficient (Wildman–Crippen LogP) is 0.634. The highest BCUT2D eigenvalue weighted by molar-refractivity contribution is 7.89. The topological polar surface area (TPSA) is 96.3 Å². The molecule has 0 unspecified atom stereocenters. The fourth-order valence-electron chi connectivity index (χ4n) is 2.91. The molecule has 0 aliphatic carbocycles. The SMILES string of the molecule is Cc1nc(S(=O)(=O)N2CCC(C(=O)NCCNC(C)(C)C)CC2)cn1C. The minimum absolute atomic E-state index is 0.00596. The summed E-state index contributed by atoms with van der Waals surface area (Å²) in [7, 11) is -1.82. The van der Waals surface area contributed by atoms with E-state index in [9.17, 15) is 13.2 Å². The highest BCUT2D eigenvalue weighted by Gasteiger charge is 2.33. The summed E-state index contributed by atoms with van der Waals surface area (Å²) in [6.45, 7) is 9.97. The van der Waals surface area contributed by atoms with E-state index in [1.165, 1.54) is 10.5 Å². The molecule has 1 fully saturated rings. The van der Waals surface area contributed by atoms with E-state index in [-0.39, 0.29) is 22.4 Å². The van der Waals surface area contributed by atoms with Crippen molar-refractivity contribution in [2.75, 3.05) is 26.2 Å². The molecule has 148 valence electrons. The van der Waals surface area contributed by atoms with E-state index >= 15 is 0 Å². The third-order valence-corrected chi connectivity index (χ3v) is 6.37. The monoisotopic (exact) mass is 385 g/mol. The maximum atomic E-state index is 12.7. The molecule has 2 rings (SSSR count). The van der Waals surface area contributed by atoms with Gasteiger partial charge >= 0.3 is 0 Å². The summed E-state index contributed by atoms with van der Waals surface area (Å²) in [5, 5.41) is 6.33. The number of rotatable bonds is 6. The van der Waals surface area contributed by atoms with Crippen molar-refractivity contribution in [3.8, 4) is 0 Å². The van der Waals surface area contributed by atoms with Crippen LogP contribution in [0.2, 0.25) is 0 Å². The molecule has 2 N–H and O–H groups in total. The van der Waals surface area contributed by atoms with Crippen LogP contribution in [0.1, 0.15) is 39.4 Å². The van der Waals surface area contributed by atoms with Crippen molar-refractivity contribution in [2.24, 2.45) is 13.0 Å². The number of aryl methyl sites for hydroxylation is 2. The Morgan fingerprint density at radius 1 is 1.27 bits per heavy atom. The van der Waals surface area contributed by atoms with E-state index in [0.29, 0.717) is 44.8 Å². The van der Waals surface area contributed by atoms with Gasteiger partial charge in [-0.2, -0.15) is 4.31 Å². The molecule has 1 amide bonds. The van der Waals surface area contributed by atoms with Gasteiger partial charge in [-0.3, -0.25) is 4.79 Å². The van der Waals surface area contributed by atoms with Gasteiger partial charge in [0, 0.05) is 50.9 Å². The first-order chi connectivity index (χ1) is 12.0. The molecule has 26 heavy (non-hydrogen) atoms. The Morgan fingerprint density at radius 2 is 1.88 bits per heavy atom. The van der Waals surface area contributed by atoms with Crippen LogP contribution < -0.4 is 10.6 Å². The standard InChI is InChI=1S/C17H31N5O3S/c1-13-20-15(12-21(13)5)26(24,25)22-10-6-14(7-11-22)16(23)18-8-9-19-17(2,3)4/h12,14,19H,6-11H2,1-5H3,(H,18,23). The number of nitrogens with one attached hydrogen (secondary N) is 2. The number of sulfonamides is 1. The number of amides is 1. The van der Waals surface area contributed by atoms with Crippen molar-refractivity contribution in [3.05, 3.63) is 12.0 Å². The molecule has 9 heteroatoms. The second-order valence-electron chi connectivity index (χ2n) is 7.88. The summed E-state index contributed by atoms with van der Waals surface area (Å²) >= 11 is 0. The molecule has 1 aliphatic rings. The van der Waals surface area contributed by atoms with E-state index < -0.39 is 10.0 Å². The molecule has 8 nitrogen and oxygen atoms in total. The maximum absolute atomic E-state index is 12.7. The summed E-state index contributed by atoms with van der Waals surface area (Å²) in [6.07, 6.45) is 2.60. The minimum atomic E-state index is -3.59. The number of piperidine rings is 1. The van der Waals surface area contributed by atoms with Crippen molar-refractivity contribution in [1.29, 1.82) is 0 Å². The normalized spacial score (nSPS) is 17.4.